The minimum absolute atomic E-state index is 0.164. The summed E-state index contributed by atoms with van der Waals surface area (Å²) in [7, 11) is 0. The highest BCUT2D eigenvalue weighted by Gasteiger charge is 2.42. The molecule has 7 rings (SSSR count). The number of hydrogen-bond donors (Lipinski definition) is 0. The van der Waals surface area contributed by atoms with Crippen molar-refractivity contribution in [1.29, 1.82) is 5.26 Å². The quantitative estimate of drug-likeness (QED) is 0.241. The summed E-state index contributed by atoms with van der Waals surface area (Å²) in [6.45, 7) is 7.42. The van der Waals surface area contributed by atoms with Crippen LogP contribution in [-0.2, 0) is 0 Å². The molecule has 0 radical (unpaired) electrons. The van der Waals surface area contributed by atoms with Crippen LogP contribution in [0.5, 0.6) is 0 Å². The van der Waals surface area contributed by atoms with E-state index in [1.807, 2.05) is 48.5 Å². The Morgan fingerprint density at radius 3 is 1.59 bits per heavy atom. The van der Waals surface area contributed by atoms with Gasteiger partial charge in [0.05, 0.1) is 29.6 Å². The summed E-state index contributed by atoms with van der Waals surface area (Å²) in [5.41, 5.74) is 11.6. The number of fused-ring (bicyclic) bond motifs is 4. The lowest BCUT2D eigenvalue weighted by molar-refractivity contribution is 0.694. The van der Waals surface area contributed by atoms with Crippen molar-refractivity contribution in [1.82, 2.24) is 0 Å². The number of nitriles is 1. The van der Waals surface area contributed by atoms with E-state index in [2.05, 4.69) is 87.4 Å². The second kappa shape index (κ2) is 8.12. The van der Waals surface area contributed by atoms with Crippen LogP contribution in [0.4, 0.5) is 28.4 Å². The molecule has 1 atom stereocenters. The van der Waals surface area contributed by atoms with E-state index in [1.54, 1.807) is 0 Å². The van der Waals surface area contributed by atoms with Gasteiger partial charge in [0.2, 0.25) is 0 Å². The molecule has 0 aromatic heterocycles. The summed E-state index contributed by atoms with van der Waals surface area (Å²) >= 11 is 0. The Bertz CT molecular complexity index is 1630. The van der Waals surface area contributed by atoms with Crippen molar-refractivity contribution in [3.8, 4) is 28.3 Å². The first kappa shape index (κ1) is 21.0. The third-order valence-electron chi connectivity index (χ3n) is 7.29. The molecule has 2 aliphatic heterocycles. The van der Waals surface area contributed by atoms with E-state index in [0.29, 0.717) is 11.3 Å². The summed E-state index contributed by atoms with van der Waals surface area (Å²) in [6.07, 6.45) is -0.164. The maximum atomic E-state index is 9.42. The maximum Gasteiger partial charge on any atom is 0.187 e. The van der Waals surface area contributed by atoms with E-state index < -0.39 is 0 Å². The molecule has 1 unspecified atom stereocenters. The zero-order valence-corrected chi connectivity index (χ0v) is 19.8. The van der Waals surface area contributed by atoms with E-state index >= 15 is 0 Å². The van der Waals surface area contributed by atoms with Gasteiger partial charge < -0.3 is 9.80 Å². The van der Waals surface area contributed by atoms with Gasteiger partial charge in [0, 0.05) is 28.1 Å². The zero-order valence-electron chi connectivity index (χ0n) is 19.8. The van der Waals surface area contributed by atoms with Crippen LogP contribution in [-0.4, -0.2) is 0 Å². The molecule has 0 fully saturated rings. The van der Waals surface area contributed by atoms with Crippen LogP contribution in [0.25, 0.3) is 27.1 Å². The molecule has 4 heteroatoms. The Balaban J connectivity index is 1.57. The maximum absolute atomic E-state index is 9.42. The number of para-hydroxylation sites is 2. The highest BCUT2D eigenvalue weighted by atomic mass is 15.4. The van der Waals surface area contributed by atoms with Gasteiger partial charge in [-0.25, -0.2) is 4.85 Å². The molecule has 0 bridgehead atoms. The highest BCUT2D eigenvalue weighted by Crippen LogP contribution is 2.58. The van der Waals surface area contributed by atoms with E-state index in [4.69, 9.17) is 6.57 Å². The Morgan fingerprint density at radius 1 is 0.595 bits per heavy atom. The minimum atomic E-state index is -0.164. The summed E-state index contributed by atoms with van der Waals surface area (Å²) < 4.78 is 0. The van der Waals surface area contributed by atoms with Gasteiger partial charge in [0.25, 0.3) is 0 Å². The van der Waals surface area contributed by atoms with E-state index in [-0.39, 0.29) is 6.17 Å². The van der Waals surface area contributed by atoms with Crippen LogP contribution in [0.15, 0.2) is 115 Å². The number of nitrogens with zero attached hydrogens (tertiary/aromatic N) is 4. The first-order valence-electron chi connectivity index (χ1n) is 12.2. The molecule has 4 nitrogen and oxygen atoms in total. The fraction of sp³-hybridized carbons (Fsp3) is 0.0303. The number of rotatable bonds is 2. The number of anilines is 4. The number of benzene rings is 5. The van der Waals surface area contributed by atoms with Crippen molar-refractivity contribution < 1.29 is 0 Å². The first-order chi connectivity index (χ1) is 18.3. The molecule has 5 aromatic carbocycles. The number of hydrogen-bond acceptors (Lipinski definition) is 3. The first-order valence-corrected chi connectivity index (χ1v) is 12.2. The second-order valence-electron chi connectivity index (χ2n) is 9.20. The lowest BCUT2D eigenvalue weighted by Gasteiger charge is -2.50. The molecule has 0 N–H and O–H groups in total. The molecule has 5 aromatic rings. The van der Waals surface area contributed by atoms with E-state index in [1.165, 1.54) is 27.8 Å². The van der Waals surface area contributed by atoms with Gasteiger partial charge in [0.1, 0.15) is 6.17 Å². The fourth-order valence-corrected chi connectivity index (χ4v) is 5.72. The average Bonchev–Trinajstić information content (AvgIpc) is 2.98. The largest absolute Gasteiger partial charge is 0.316 e. The molecule has 0 spiro atoms. The summed E-state index contributed by atoms with van der Waals surface area (Å²) in [4.78, 5) is 8.36. The van der Waals surface area contributed by atoms with Crippen molar-refractivity contribution in [2.45, 2.75) is 6.17 Å². The summed E-state index contributed by atoms with van der Waals surface area (Å²) in [5.74, 6) is 0. The molecular weight excluding hydrogens is 452 g/mol. The standard InChI is InChI=1S/C33H20N4/c1-35-23-15-19-25(20-16-23)37-31-12-5-3-8-27(31)29-10-6-9-28-26-7-2-4-11-30(26)36(33(37)32(28)29)24-17-13-22(21-34)14-18-24/h2-20,33H. The molecule has 0 saturated carbocycles. The Labute approximate surface area is 215 Å². The molecule has 37 heavy (non-hydrogen) atoms. The van der Waals surface area contributed by atoms with Gasteiger partial charge in [-0.2, -0.15) is 5.26 Å². The van der Waals surface area contributed by atoms with Gasteiger partial charge in [0.15, 0.2) is 5.69 Å². The van der Waals surface area contributed by atoms with Crippen molar-refractivity contribution >= 4 is 28.4 Å². The SMILES string of the molecule is [C-]#[N+]c1ccc(N2c3ccccc3-c3cccc4c3C2N(c2ccc(C#N)cc2)c2ccccc2-4)cc1. The van der Waals surface area contributed by atoms with E-state index in [9.17, 15) is 5.26 Å². The third kappa shape index (κ3) is 3.07. The molecule has 0 aliphatic carbocycles. The molecular formula is C33H20N4. The molecule has 0 amide bonds. The monoisotopic (exact) mass is 472 g/mol. The van der Waals surface area contributed by atoms with Crippen molar-refractivity contribution in [2.75, 3.05) is 9.80 Å². The molecule has 0 saturated heterocycles. The van der Waals surface area contributed by atoms with Crippen LogP contribution >= 0.6 is 0 Å². The molecule has 172 valence electrons. The highest BCUT2D eigenvalue weighted by molar-refractivity contribution is 5.99. The lowest BCUT2D eigenvalue weighted by atomic mass is 9.81. The average molecular weight is 473 g/mol. The van der Waals surface area contributed by atoms with Gasteiger partial charge >= 0.3 is 0 Å². The second-order valence-corrected chi connectivity index (χ2v) is 9.20. The van der Waals surface area contributed by atoms with Crippen LogP contribution < -0.4 is 9.80 Å². The summed E-state index contributed by atoms with van der Waals surface area (Å²) in [6, 6.07) is 41.6. The smallest absolute Gasteiger partial charge is 0.187 e. The van der Waals surface area contributed by atoms with Gasteiger partial charge in [-0.3, -0.25) is 0 Å². The van der Waals surface area contributed by atoms with Gasteiger partial charge in [-0.15, -0.1) is 0 Å². The molecule has 2 heterocycles. The van der Waals surface area contributed by atoms with Crippen molar-refractivity contribution in [3.63, 3.8) is 0 Å². The van der Waals surface area contributed by atoms with Crippen LogP contribution in [0, 0.1) is 17.9 Å². The van der Waals surface area contributed by atoms with E-state index in [0.717, 1.165) is 22.7 Å². The predicted molar refractivity (Wildman–Crippen MR) is 148 cm³/mol. The Morgan fingerprint density at radius 2 is 1.08 bits per heavy atom. The minimum Gasteiger partial charge on any atom is -0.316 e. The van der Waals surface area contributed by atoms with Gasteiger partial charge in [-0.05, 0) is 59.7 Å². The Kier molecular flexibility index (Phi) is 4.61. The van der Waals surface area contributed by atoms with Crippen molar-refractivity contribution in [2.24, 2.45) is 0 Å². The zero-order chi connectivity index (χ0) is 24.9. The van der Waals surface area contributed by atoms with Crippen LogP contribution in [0.3, 0.4) is 0 Å². The lowest BCUT2D eigenvalue weighted by Crippen LogP contribution is -2.41. The topological polar surface area (TPSA) is 34.6 Å². The predicted octanol–water partition coefficient (Wildman–Crippen LogP) is 8.75. The van der Waals surface area contributed by atoms with Gasteiger partial charge in [-0.1, -0.05) is 66.7 Å². The van der Waals surface area contributed by atoms with Crippen LogP contribution in [0.1, 0.15) is 17.3 Å². The Hall–Kier alpha value is -5.32. The normalized spacial score (nSPS) is 14.6. The van der Waals surface area contributed by atoms with Crippen molar-refractivity contribution in [3.05, 3.63) is 138 Å². The van der Waals surface area contributed by atoms with Crippen LogP contribution in [0.2, 0.25) is 0 Å². The third-order valence-corrected chi connectivity index (χ3v) is 7.29. The summed E-state index contributed by atoms with van der Waals surface area (Å²) in [5, 5.41) is 9.42. The fourth-order valence-electron chi connectivity index (χ4n) is 5.72. The molecule has 2 aliphatic rings.